The summed E-state index contributed by atoms with van der Waals surface area (Å²) in [4.78, 5) is 21.9. The third-order valence-electron chi connectivity index (χ3n) is 1.14. The quantitative estimate of drug-likeness (QED) is 0.681. The van der Waals surface area contributed by atoms with E-state index in [9.17, 15) is 9.59 Å². The van der Waals surface area contributed by atoms with Crippen LogP contribution in [0.5, 0.6) is 0 Å². The highest BCUT2D eigenvalue weighted by molar-refractivity contribution is 8.13. The molecular weight excluding hydrogens is 200 g/mol. The summed E-state index contributed by atoms with van der Waals surface area (Å²) < 4.78 is 12.5. The second-order valence-electron chi connectivity index (χ2n) is 3.90. The van der Waals surface area contributed by atoms with Crippen LogP contribution < -0.4 is 0 Å². The Kier molecular flexibility index (Phi) is 5.01. The second-order valence-corrected chi connectivity index (χ2v) is 5.05. The molecule has 14 heavy (non-hydrogen) atoms. The molecule has 0 bridgehead atoms. The first-order valence-corrected chi connectivity index (χ1v) is 5.40. The number of rotatable bonds is 4. The predicted octanol–water partition coefficient (Wildman–Crippen LogP) is 2.39. The Hall–Kier alpha value is -0.510. The van der Waals surface area contributed by atoms with Crippen LogP contribution >= 0.6 is 11.8 Å². The Labute approximate surface area is 91.0 Å². The molecule has 0 rings (SSSR count). The van der Waals surface area contributed by atoms with Crippen molar-refractivity contribution in [1.82, 2.24) is 0 Å². The minimum Gasteiger partial charge on any atom is -0.460 e. The first kappa shape index (κ1) is 11.6. The average molecular weight is 219 g/mol. The molecule has 0 aromatic heterocycles. The topological polar surface area (TPSA) is 43.4 Å². The van der Waals surface area contributed by atoms with Crippen LogP contribution in [0.15, 0.2) is 0 Å². The zero-order valence-electron chi connectivity index (χ0n) is 10.1. The fourth-order valence-corrected chi connectivity index (χ4v) is 1.22. The summed E-state index contributed by atoms with van der Waals surface area (Å²) in [5.41, 5.74) is -1.06. The van der Waals surface area contributed by atoms with Gasteiger partial charge in [-0.15, -0.1) is 0 Å². The van der Waals surface area contributed by atoms with E-state index in [2.05, 4.69) is 0 Å². The molecule has 0 spiro atoms. The van der Waals surface area contributed by atoms with Gasteiger partial charge in [0, 0.05) is 20.4 Å². The van der Waals surface area contributed by atoms with Gasteiger partial charge in [0.25, 0.3) is 0 Å². The molecule has 0 aliphatic heterocycles. The maximum absolute atomic E-state index is 11.2. The number of carbonyl (C=O) groups excluding carboxylic acids is 2. The van der Waals surface area contributed by atoms with Crippen LogP contribution in [-0.2, 0) is 14.3 Å². The van der Waals surface area contributed by atoms with E-state index in [0.29, 0.717) is 6.42 Å². The van der Waals surface area contributed by atoms with Crippen molar-refractivity contribution >= 4 is 22.8 Å². The van der Waals surface area contributed by atoms with Crippen LogP contribution in [0.4, 0.5) is 0 Å². The van der Waals surface area contributed by atoms with E-state index in [0.717, 1.165) is 11.8 Å². The summed E-state index contributed by atoms with van der Waals surface area (Å²) in [6, 6.07) is 0. The standard InChI is InChI=1S/C10H18O3S/c1-8(11)14-7-5-6-9(12)13-10(2,3)4/h5-7H2,1-4H3/i7D. The summed E-state index contributed by atoms with van der Waals surface area (Å²) in [6.07, 6.45) is 0.533. The molecule has 82 valence electrons. The monoisotopic (exact) mass is 219 g/mol. The van der Waals surface area contributed by atoms with E-state index in [1.807, 2.05) is 0 Å². The molecule has 0 aliphatic rings. The maximum atomic E-state index is 11.2. The van der Waals surface area contributed by atoms with Crippen molar-refractivity contribution in [2.45, 2.75) is 46.1 Å². The summed E-state index contributed by atoms with van der Waals surface area (Å²) in [5, 5.41) is -0.0980. The van der Waals surface area contributed by atoms with Crippen LogP contribution in [0.25, 0.3) is 0 Å². The third kappa shape index (κ3) is 9.58. The second kappa shape index (κ2) is 6.06. The largest absolute Gasteiger partial charge is 0.460 e. The van der Waals surface area contributed by atoms with Crippen molar-refractivity contribution in [2.75, 3.05) is 5.73 Å². The molecule has 1 unspecified atom stereocenters. The van der Waals surface area contributed by atoms with Crippen molar-refractivity contribution < 1.29 is 15.7 Å². The SMILES string of the molecule is [2H]C(CCC(=O)OC(C)(C)C)SC(C)=O. The molecule has 0 aliphatic carbocycles. The molecular formula is C10H18O3S. The predicted molar refractivity (Wildman–Crippen MR) is 58.2 cm³/mol. The fourth-order valence-electron chi connectivity index (χ4n) is 0.746. The Balaban J connectivity index is 3.76. The van der Waals surface area contributed by atoms with Crippen molar-refractivity contribution in [3.63, 3.8) is 0 Å². The van der Waals surface area contributed by atoms with Gasteiger partial charge in [-0.3, -0.25) is 9.59 Å². The van der Waals surface area contributed by atoms with Crippen LogP contribution in [0.3, 0.4) is 0 Å². The normalized spacial score (nSPS) is 14.4. The minimum atomic E-state index is -0.574. The molecule has 0 aromatic carbocycles. The zero-order chi connectivity index (χ0) is 12.1. The van der Waals surface area contributed by atoms with Crippen LogP contribution in [0.2, 0.25) is 0 Å². The van der Waals surface area contributed by atoms with E-state index in [1.54, 1.807) is 20.8 Å². The third-order valence-corrected chi connectivity index (χ3v) is 1.87. The number of hydrogen-bond donors (Lipinski definition) is 0. The van der Waals surface area contributed by atoms with E-state index in [1.165, 1.54) is 6.92 Å². The molecule has 0 amide bonds. The lowest BCUT2D eigenvalue weighted by atomic mass is 10.2. The minimum absolute atomic E-state index is 0.0980. The molecule has 0 saturated carbocycles. The number of ether oxygens (including phenoxy) is 1. The lowest BCUT2D eigenvalue weighted by Gasteiger charge is -2.19. The van der Waals surface area contributed by atoms with E-state index in [4.69, 9.17) is 6.11 Å². The van der Waals surface area contributed by atoms with Crippen molar-refractivity contribution in [2.24, 2.45) is 0 Å². The van der Waals surface area contributed by atoms with Gasteiger partial charge in [-0.1, -0.05) is 11.8 Å². The van der Waals surface area contributed by atoms with E-state index in [-0.39, 0.29) is 17.5 Å². The van der Waals surface area contributed by atoms with Crippen LogP contribution in [-0.4, -0.2) is 22.4 Å². The van der Waals surface area contributed by atoms with Gasteiger partial charge in [0.15, 0.2) is 5.12 Å². The number of thioether (sulfide) groups is 1. The van der Waals surface area contributed by atoms with Gasteiger partial charge in [-0.2, -0.15) is 0 Å². The summed E-state index contributed by atoms with van der Waals surface area (Å²) in [5.74, 6) is -0.316. The van der Waals surface area contributed by atoms with Crippen LogP contribution in [0, 0.1) is 0 Å². The molecule has 0 fully saturated rings. The Morgan fingerprint density at radius 1 is 1.43 bits per heavy atom. The van der Waals surface area contributed by atoms with Crippen LogP contribution in [0.1, 0.15) is 41.9 Å². The average Bonchev–Trinajstić information content (AvgIpc) is 1.96. The van der Waals surface area contributed by atoms with Gasteiger partial charge in [-0.25, -0.2) is 0 Å². The number of carbonyl (C=O) groups is 2. The maximum Gasteiger partial charge on any atom is 0.306 e. The highest BCUT2D eigenvalue weighted by Crippen LogP contribution is 2.11. The lowest BCUT2D eigenvalue weighted by molar-refractivity contribution is -0.154. The first-order chi connectivity index (χ1) is 6.70. The Morgan fingerprint density at radius 3 is 2.43 bits per heavy atom. The zero-order valence-corrected chi connectivity index (χ0v) is 9.94. The van der Waals surface area contributed by atoms with Gasteiger partial charge < -0.3 is 4.74 Å². The molecule has 0 aromatic rings. The smallest absolute Gasteiger partial charge is 0.306 e. The molecule has 3 nitrogen and oxygen atoms in total. The molecule has 0 N–H and O–H groups in total. The van der Waals surface area contributed by atoms with Gasteiger partial charge in [0.05, 0.1) is 0 Å². The molecule has 0 heterocycles. The lowest BCUT2D eigenvalue weighted by Crippen LogP contribution is -2.23. The summed E-state index contributed by atoms with van der Waals surface area (Å²) >= 11 is 0.934. The molecule has 1 atom stereocenters. The van der Waals surface area contributed by atoms with Gasteiger partial charge in [0.2, 0.25) is 0 Å². The summed E-state index contributed by atoms with van der Waals surface area (Å²) in [6.45, 7) is 6.81. The highest BCUT2D eigenvalue weighted by Gasteiger charge is 2.15. The Morgan fingerprint density at radius 2 is 2.00 bits per heavy atom. The number of esters is 1. The first-order valence-electron chi connectivity index (χ1n) is 5.10. The molecule has 4 heteroatoms. The summed E-state index contributed by atoms with van der Waals surface area (Å²) in [7, 11) is 0. The molecule has 0 saturated heterocycles. The van der Waals surface area contributed by atoms with Gasteiger partial charge in [-0.05, 0) is 27.2 Å². The van der Waals surface area contributed by atoms with E-state index < -0.39 is 11.3 Å². The number of hydrogen-bond acceptors (Lipinski definition) is 4. The van der Waals surface area contributed by atoms with Gasteiger partial charge in [0.1, 0.15) is 5.60 Å². The van der Waals surface area contributed by atoms with Crippen molar-refractivity contribution in [3.05, 3.63) is 0 Å². The molecule has 0 radical (unpaired) electrons. The Bertz CT molecular complexity index is 235. The van der Waals surface area contributed by atoms with Crippen molar-refractivity contribution in [1.29, 1.82) is 0 Å². The fraction of sp³-hybridized carbons (Fsp3) is 0.800. The van der Waals surface area contributed by atoms with Crippen molar-refractivity contribution in [3.8, 4) is 0 Å². The van der Waals surface area contributed by atoms with Gasteiger partial charge >= 0.3 is 5.97 Å². The highest BCUT2D eigenvalue weighted by atomic mass is 32.2. The van der Waals surface area contributed by atoms with E-state index >= 15 is 0 Å².